The highest BCUT2D eigenvalue weighted by molar-refractivity contribution is 5.65. The molecular weight excluding hydrogens is 443 g/mol. The first kappa shape index (κ1) is 27.4. The summed E-state index contributed by atoms with van der Waals surface area (Å²) >= 11 is 0. The van der Waals surface area contributed by atoms with Crippen molar-refractivity contribution in [3.05, 3.63) is 59.4 Å². The van der Waals surface area contributed by atoms with Gasteiger partial charge in [0.1, 0.15) is 5.82 Å². The van der Waals surface area contributed by atoms with Crippen LogP contribution in [0.1, 0.15) is 114 Å². The number of rotatable bonds is 12. The van der Waals surface area contributed by atoms with Crippen molar-refractivity contribution in [2.24, 2.45) is 17.8 Å². The SMILES string of the molecule is CCCC1CCC(CCCCc2ccc(-c3ccc(C4CCC(COCC)CC4)cc3F)cc2)CC1. The molecule has 2 aliphatic rings. The molecule has 2 aromatic carbocycles. The second kappa shape index (κ2) is 14.3. The molecule has 0 radical (unpaired) electrons. The lowest BCUT2D eigenvalue weighted by Crippen LogP contribution is -2.18. The highest BCUT2D eigenvalue weighted by Gasteiger charge is 2.23. The van der Waals surface area contributed by atoms with Crippen molar-refractivity contribution >= 4 is 0 Å². The third-order valence-corrected chi connectivity index (χ3v) is 9.12. The summed E-state index contributed by atoms with van der Waals surface area (Å²) in [6.07, 6.45) is 18.5. The number of halogens is 1. The highest BCUT2D eigenvalue weighted by atomic mass is 19.1. The van der Waals surface area contributed by atoms with Crippen LogP contribution in [0.15, 0.2) is 42.5 Å². The van der Waals surface area contributed by atoms with E-state index in [1.165, 1.54) is 81.8 Å². The average molecular weight is 493 g/mol. The normalized spacial score (nSPS) is 24.6. The molecule has 36 heavy (non-hydrogen) atoms. The quantitative estimate of drug-likeness (QED) is 0.268. The molecule has 0 spiro atoms. The van der Waals surface area contributed by atoms with E-state index < -0.39 is 0 Å². The summed E-state index contributed by atoms with van der Waals surface area (Å²) in [5, 5.41) is 0. The third kappa shape index (κ3) is 7.91. The van der Waals surface area contributed by atoms with E-state index >= 15 is 4.39 Å². The molecule has 0 unspecified atom stereocenters. The predicted octanol–water partition coefficient (Wildman–Crippen LogP) is 10.1. The molecule has 0 saturated heterocycles. The van der Waals surface area contributed by atoms with Crippen LogP contribution in [0.4, 0.5) is 4.39 Å². The topological polar surface area (TPSA) is 9.23 Å². The van der Waals surface area contributed by atoms with Gasteiger partial charge in [0.25, 0.3) is 0 Å². The lowest BCUT2D eigenvalue weighted by molar-refractivity contribution is 0.0920. The van der Waals surface area contributed by atoms with Crippen molar-refractivity contribution < 1.29 is 9.13 Å². The first-order chi connectivity index (χ1) is 17.7. The highest BCUT2D eigenvalue weighted by Crippen LogP contribution is 2.38. The van der Waals surface area contributed by atoms with Gasteiger partial charge in [0, 0.05) is 18.8 Å². The Morgan fingerprint density at radius 2 is 1.42 bits per heavy atom. The first-order valence-corrected chi connectivity index (χ1v) is 15.1. The standard InChI is InChI=1S/C34H49FO/c1-3-7-26-10-12-27(13-11-26)8-5-6-9-28-14-20-31(21-15-28)33-23-22-32(24-34(33)35)30-18-16-29(17-19-30)25-36-4-2/h14-15,20-24,26-27,29-30H,3-13,16-19,25H2,1-2H3. The number of benzene rings is 2. The molecule has 2 aliphatic carbocycles. The summed E-state index contributed by atoms with van der Waals surface area (Å²) in [6.45, 7) is 6.06. The van der Waals surface area contributed by atoms with Gasteiger partial charge in [0.2, 0.25) is 0 Å². The Balaban J connectivity index is 1.21. The van der Waals surface area contributed by atoms with E-state index in [1.54, 1.807) is 6.07 Å². The van der Waals surface area contributed by atoms with Crippen LogP contribution in [0.5, 0.6) is 0 Å². The van der Waals surface area contributed by atoms with E-state index in [-0.39, 0.29) is 5.82 Å². The average Bonchev–Trinajstić information content (AvgIpc) is 2.92. The summed E-state index contributed by atoms with van der Waals surface area (Å²) in [5.41, 5.74) is 4.27. The van der Waals surface area contributed by atoms with Crippen LogP contribution in [0.3, 0.4) is 0 Å². The van der Waals surface area contributed by atoms with Crippen LogP contribution in [-0.4, -0.2) is 13.2 Å². The first-order valence-electron chi connectivity index (χ1n) is 15.1. The van der Waals surface area contributed by atoms with E-state index in [4.69, 9.17) is 4.74 Å². The van der Waals surface area contributed by atoms with Crippen molar-refractivity contribution in [1.29, 1.82) is 0 Å². The van der Waals surface area contributed by atoms with Crippen molar-refractivity contribution in [1.82, 2.24) is 0 Å². The van der Waals surface area contributed by atoms with E-state index in [1.807, 2.05) is 6.07 Å². The van der Waals surface area contributed by atoms with Gasteiger partial charge < -0.3 is 4.74 Å². The molecule has 0 aliphatic heterocycles. The molecule has 2 aromatic rings. The van der Waals surface area contributed by atoms with Gasteiger partial charge in [-0.25, -0.2) is 4.39 Å². The van der Waals surface area contributed by atoms with E-state index in [0.29, 0.717) is 11.8 Å². The summed E-state index contributed by atoms with van der Waals surface area (Å²) in [7, 11) is 0. The van der Waals surface area contributed by atoms with Gasteiger partial charge in [0.05, 0.1) is 0 Å². The van der Waals surface area contributed by atoms with E-state index in [9.17, 15) is 0 Å². The van der Waals surface area contributed by atoms with Crippen LogP contribution < -0.4 is 0 Å². The van der Waals surface area contributed by atoms with E-state index in [2.05, 4.69) is 44.2 Å². The van der Waals surface area contributed by atoms with Gasteiger partial charge in [0.15, 0.2) is 0 Å². The smallest absolute Gasteiger partial charge is 0.131 e. The molecule has 0 aromatic heterocycles. The van der Waals surface area contributed by atoms with Gasteiger partial charge in [-0.1, -0.05) is 94.7 Å². The van der Waals surface area contributed by atoms with Crippen LogP contribution in [0.2, 0.25) is 0 Å². The number of unbranched alkanes of at least 4 members (excludes halogenated alkanes) is 1. The molecule has 198 valence electrons. The molecular formula is C34H49FO. The molecule has 2 fully saturated rings. The fourth-order valence-electron chi connectivity index (χ4n) is 6.80. The number of aryl methyl sites for hydroxylation is 1. The maximum atomic E-state index is 15.1. The Kier molecular flexibility index (Phi) is 10.9. The molecule has 0 bridgehead atoms. The van der Waals surface area contributed by atoms with Gasteiger partial charge in [-0.2, -0.15) is 0 Å². The molecule has 0 amide bonds. The largest absolute Gasteiger partial charge is 0.381 e. The lowest BCUT2D eigenvalue weighted by Gasteiger charge is -2.28. The Labute approximate surface area is 220 Å². The zero-order chi connectivity index (χ0) is 25.2. The summed E-state index contributed by atoms with van der Waals surface area (Å²) < 4.78 is 20.7. The number of hydrogen-bond donors (Lipinski definition) is 0. The molecule has 4 rings (SSSR count). The zero-order valence-electron chi connectivity index (χ0n) is 23.0. The third-order valence-electron chi connectivity index (χ3n) is 9.12. The van der Waals surface area contributed by atoms with Gasteiger partial charge >= 0.3 is 0 Å². The number of hydrogen-bond acceptors (Lipinski definition) is 1. The minimum atomic E-state index is -0.0784. The molecule has 1 nitrogen and oxygen atoms in total. The summed E-state index contributed by atoms with van der Waals surface area (Å²) in [5.74, 6) is 3.06. The Hall–Kier alpha value is -1.67. The summed E-state index contributed by atoms with van der Waals surface area (Å²) in [4.78, 5) is 0. The second-order valence-corrected chi connectivity index (χ2v) is 11.7. The summed E-state index contributed by atoms with van der Waals surface area (Å²) in [6, 6.07) is 14.6. The van der Waals surface area contributed by atoms with Crippen LogP contribution in [0.25, 0.3) is 11.1 Å². The minimum Gasteiger partial charge on any atom is -0.381 e. The maximum absolute atomic E-state index is 15.1. The Bertz CT molecular complexity index is 888. The fraction of sp³-hybridized carbons (Fsp3) is 0.647. The maximum Gasteiger partial charge on any atom is 0.131 e. The van der Waals surface area contributed by atoms with Gasteiger partial charge in [-0.05, 0) is 91.9 Å². The molecule has 0 N–H and O–H groups in total. The van der Waals surface area contributed by atoms with E-state index in [0.717, 1.165) is 55.4 Å². The molecule has 2 heteroatoms. The Morgan fingerprint density at radius 1 is 0.750 bits per heavy atom. The fourth-order valence-corrected chi connectivity index (χ4v) is 6.80. The van der Waals surface area contributed by atoms with Crippen molar-refractivity contribution in [3.63, 3.8) is 0 Å². The van der Waals surface area contributed by atoms with Crippen molar-refractivity contribution in [2.45, 2.75) is 110 Å². The predicted molar refractivity (Wildman–Crippen MR) is 151 cm³/mol. The van der Waals surface area contributed by atoms with Crippen LogP contribution in [0, 0.1) is 23.6 Å². The molecule has 0 atom stereocenters. The van der Waals surface area contributed by atoms with Crippen molar-refractivity contribution in [3.8, 4) is 11.1 Å². The minimum absolute atomic E-state index is 0.0784. The molecule has 0 heterocycles. The lowest BCUT2D eigenvalue weighted by atomic mass is 9.78. The van der Waals surface area contributed by atoms with Gasteiger partial charge in [-0.15, -0.1) is 0 Å². The monoisotopic (exact) mass is 492 g/mol. The Morgan fingerprint density at radius 3 is 2.06 bits per heavy atom. The molecule has 2 saturated carbocycles. The second-order valence-electron chi connectivity index (χ2n) is 11.7. The number of ether oxygens (including phenoxy) is 1. The van der Waals surface area contributed by atoms with Gasteiger partial charge in [-0.3, -0.25) is 0 Å². The van der Waals surface area contributed by atoms with Crippen LogP contribution in [-0.2, 0) is 11.2 Å². The zero-order valence-corrected chi connectivity index (χ0v) is 23.0. The van der Waals surface area contributed by atoms with Crippen LogP contribution >= 0.6 is 0 Å². The van der Waals surface area contributed by atoms with Crippen molar-refractivity contribution in [2.75, 3.05) is 13.2 Å².